The maximum absolute atomic E-state index is 5.68. The van der Waals surface area contributed by atoms with Crippen molar-refractivity contribution in [1.29, 1.82) is 0 Å². The summed E-state index contributed by atoms with van der Waals surface area (Å²) in [6.45, 7) is 4.21. The highest BCUT2D eigenvalue weighted by Gasteiger charge is 2.20. The molecule has 1 aliphatic rings. The van der Waals surface area contributed by atoms with Crippen LogP contribution < -0.4 is 5.73 Å². The zero-order chi connectivity index (χ0) is 13.1. The van der Waals surface area contributed by atoms with Crippen molar-refractivity contribution in [3.8, 4) is 0 Å². The van der Waals surface area contributed by atoms with Crippen LogP contribution in [0.25, 0.3) is 10.2 Å². The number of nitrogens with two attached hydrogens (primary N) is 1. The topological polar surface area (TPSA) is 42.1 Å². The summed E-state index contributed by atoms with van der Waals surface area (Å²) in [7, 11) is 0. The molecule has 1 atom stereocenters. The summed E-state index contributed by atoms with van der Waals surface area (Å²) < 4.78 is 1.30. The molecule has 118 valence electrons. The normalized spacial score (nSPS) is 19.0. The number of piperidine rings is 1. The van der Waals surface area contributed by atoms with Crippen molar-refractivity contribution in [3.05, 3.63) is 29.3 Å². The maximum Gasteiger partial charge on any atom is 0.108 e. The minimum Gasteiger partial charge on any atom is -0.330 e. The number of benzene rings is 1. The van der Waals surface area contributed by atoms with E-state index in [0.29, 0.717) is 0 Å². The highest BCUT2D eigenvalue weighted by molar-refractivity contribution is 7.18. The molecule has 0 radical (unpaired) electrons. The number of fused-ring (bicyclic) bond motifs is 1. The Morgan fingerprint density at radius 1 is 1.29 bits per heavy atom. The molecular weight excluding hydrogens is 325 g/mol. The molecule has 0 amide bonds. The molecule has 2 heterocycles. The summed E-state index contributed by atoms with van der Waals surface area (Å²) in [6.07, 6.45) is 3.81. The third kappa shape index (κ3) is 4.80. The maximum atomic E-state index is 5.68. The van der Waals surface area contributed by atoms with E-state index in [1.807, 2.05) is 11.3 Å². The second-order valence-electron chi connectivity index (χ2n) is 5.40. The van der Waals surface area contributed by atoms with Gasteiger partial charge in [-0.15, -0.1) is 36.2 Å². The van der Waals surface area contributed by atoms with Crippen LogP contribution in [-0.4, -0.2) is 29.5 Å². The predicted molar refractivity (Wildman–Crippen MR) is 95.8 cm³/mol. The van der Waals surface area contributed by atoms with Gasteiger partial charge in [-0.3, -0.25) is 4.90 Å². The summed E-state index contributed by atoms with van der Waals surface area (Å²) in [4.78, 5) is 7.27. The second-order valence-corrected chi connectivity index (χ2v) is 6.51. The number of thiazole rings is 1. The van der Waals surface area contributed by atoms with Crippen LogP contribution in [0.2, 0.25) is 0 Å². The first-order valence-corrected chi connectivity index (χ1v) is 7.93. The minimum atomic E-state index is 0. The first-order chi connectivity index (χ1) is 9.35. The molecule has 0 saturated carbocycles. The van der Waals surface area contributed by atoms with E-state index in [-0.39, 0.29) is 24.8 Å². The average Bonchev–Trinajstić information content (AvgIpc) is 2.81. The van der Waals surface area contributed by atoms with Crippen molar-refractivity contribution < 1.29 is 0 Å². The zero-order valence-electron chi connectivity index (χ0n) is 12.0. The number of halogens is 2. The van der Waals surface area contributed by atoms with E-state index in [1.165, 1.54) is 35.6 Å². The molecule has 3 rings (SSSR count). The molecule has 1 aromatic carbocycles. The number of rotatable bonds is 4. The molecule has 21 heavy (non-hydrogen) atoms. The van der Waals surface area contributed by atoms with Gasteiger partial charge in [0, 0.05) is 6.54 Å². The van der Waals surface area contributed by atoms with Gasteiger partial charge in [0.25, 0.3) is 0 Å². The molecule has 1 saturated heterocycles. The Bertz CT molecular complexity index is 511. The number of aromatic nitrogens is 1. The molecule has 1 fully saturated rings. The van der Waals surface area contributed by atoms with E-state index < -0.39 is 0 Å². The van der Waals surface area contributed by atoms with Crippen molar-refractivity contribution in [2.24, 2.45) is 11.7 Å². The fourth-order valence-corrected chi connectivity index (χ4v) is 3.95. The van der Waals surface area contributed by atoms with Crippen LogP contribution >= 0.6 is 36.2 Å². The second kappa shape index (κ2) is 8.91. The lowest BCUT2D eigenvalue weighted by atomic mass is 9.95. The van der Waals surface area contributed by atoms with Gasteiger partial charge in [0.15, 0.2) is 0 Å². The monoisotopic (exact) mass is 347 g/mol. The van der Waals surface area contributed by atoms with Crippen molar-refractivity contribution in [2.45, 2.75) is 25.8 Å². The molecule has 0 spiro atoms. The van der Waals surface area contributed by atoms with Crippen LogP contribution in [-0.2, 0) is 6.54 Å². The Morgan fingerprint density at radius 2 is 2.10 bits per heavy atom. The van der Waals surface area contributed by atoms with E-state index in [1.54, 1.807) is 0 Å². The lowest BCUT2D eigenvalue weighted by molar-refractivity contribution is 0.163. The van der Waals surface area contributed by atoms with Gasteiger partial charge in [-0.05, 0) is 50.4 Å². The molecule has 2 aromatic rings. The molecular formula is C15H23Cl2N3S. The molecule has 1 aliphatic heterocycles. The third-order valence-electron chi connectivity index (χ3n) is 3.88. The Kier molecular flexibility index (Phi) is 7.92. The first kappa shape index (κ1) is 18.7. The molecule has 1 unspecified atom stereocenters. The predicted octanol–water partition coefficient (Wildman–Crippen LogP) is 3.70. The van der Waals surface area contributed by atoms with E-state index in [9.17, 15) is 0 Å². The molecule has 0 aliphatic carbocycles. The summed E-state index contributed by atoms with van der Waals surface area (Å²) in [5.74, 6) is 0.785. The van der Waals surface area contributed by atoms with Gasteiger partial charge in [0.05, 0.1) is 16.8 Å². The SMILES string of the molecule is Cl.Cl.NCCC1CCCN(Cc2nc3ccccc3s2)C1. The van der Waals surface area contributed by atoms with Gasteiger partial charge in [-0.25, -0.2) is 4.98 Å². The number of likely N-dealkylation sites (tertiary alicyclic amines) is 1. The van der Waals surface area contributed by atoms with Crippen LogP contribution in [0.5, 0.6) is 0 Å². The van der Waals surface area contributed by atoms with Crippen molar-refractivity contribution >= 4 is 46.4 Å². The standard InChI is InChI=1S/C15H21N3S.2ClH/c16-8-7-12-4-3-9-18(10-12)11-15-17-13-5-1-2-6-14(13)19-15;;/h1-2,5-6,12H,3-4,7-11,16H2;2*1H. The van der Waals surface area contributed by atoms with Crippen LogP contribution in [0.1, 0.15) is 24.3 Å². The van der Waals surface area contributed by atoms with Crippen LogP contribution in [0, 0.1) is 5.92 Å². The Balaban J connectivity index is 0.00000110. The van der Waals surface area contributed by atoms with Crippen LogP contribution in [0.3, 0.4) is 0 Å². The van der Waals surface area contributed by atoms with E-state index in [2.05, 4.69) is 29.2 Å². The summed E-state index contributed by atoms with van der Waals surface area (Å²) in [5.41, 5.74) is 6.82. The lowest BCUT2D eigenvalue weighted by Crippen LogP contribution is -2.35. The molecule has 2 N–H and O–H groups in total. The van der Waals surface area contributed by atoms with E-state index in [4.69, 9.17) is 10.7 Å². The number of hydrogen-bond donors (Lipinski definition) is 1. The lowest BCUT2D eigenvalue weighted by Gasteiger charge is -2.31. The number of hydrogen-bond acceptors (Lipinski definition) is 4. The van der Waals surface area contributed by atoms with Gasteiger partial charge in [-0.2, -0.15) is 0 Å². The zero-order valence-corrected chi connectivity index (χ0v) is 14.5. The summed E-state index contributed by atoms with van der Waals surface area (Å²) in [6, 6.07) is 8.40. The van der Waals surface area contributed by atoms with E-state index >= 15 is 0 Å². The van der Waals surface area contributed by atoms with Gasteiger partial charge in [0.1, 0.15) is 5.01 Å². The highest BCUT2D eigenvalue weighted by Crippen LogP contribution is 2.25. The third-order valence-corrected chi connectivity index (χ3v) is 4.90. The first-order valence-electron chi connectivity index (χ1n) is 7.12. The Hall–Kier alpha value is -0.390. The fraction of sp³-hybridized carbons (Fsp3) is 0.533. The molecule has 1 aromatic heterocycles. The summed E-state index contributed by atoms with van der Waals surface area (Å²) >= 11 is 1.83. The van der Waals surface area contributed by atoms with Crippen LogP contribution in [0.15, 0.2) is 24.3 Å². The minimum absolute atomic E-state index is 0. The molecule has 0 bridgehead atoms. The van der Waals surface area contributed by atoms with Crippen molar-refractivity contribution in [2.75, 3.05) is 19.6 Å². The number of para-hydroxylation sites is 1. The van der Waals surface area contributed by atoms with Gasteiger partial charge < -0.3 is 5.73 Å². The fourth-order valence-electron chi connectivity index (χ4n) is 2.95. The smallest absolute Gasteiger partial charge is 0.108 e. The largest absolute Gasteiger partial charge is 0.330 e. The van der Waals surface area contributed by atoms with Gasteiger partial charge >= 0.3 is 0 Å². The molecule has 6 heteroatoms. The van der Waals surface area contributed by atoms with Gasteiger partial charge in [-0.1, -0.05) is 12.1 Å². The van der Waals surface area contributed by atoms with E-state index in [0.717, 1.165) is 30.9 Å². The molecule has 3 nitrogen and oxygen atoms in total. The van der Waals surface area contributed by atoms with Crippen molar-refractivity contribution in [3.63, 3.8) is 0 Å². The van der Waals surface area contributed by atoms with Crippen molar-refractivity contribution in [1.82, 2.24) is 9.88 Å². The quantitative estimate of drug-likeness (QED) is 0.916. The van der Waals surface area contributed by atoms with Gasteiger partial charge in [0.2, 0.25) is 0 Å². The Labute approximate surface area is 142 Å². The average molecular weight is 348 g/mol. The van der Waals surface area contributed by atoms with Crippen LogP contribution in [0.4, 0.5) is 0 Å². The summed E-state index contributed by atoms with van der Waals surface area (Å²) in [5, 5.41) is 1.24. The number of nitrogens with zero attached hydrogens (tertiary/aromatic N) is 2. The Morgan fingerprint density at radius 3 is 2.86 bits per heavy atom. The highest BCUT2D eigenvalue weighted by atomic mass is 35.5.